The van der Waals surface area contributed by atoms with Crippen LogP contribution in [0.5, 0.6) is 0 Å². The Balaban J connectivity index is 2.01. The molecule has 1 saturated carbocycles. The van der Waals surface area contributed by atoms with Gasteiger partial charge in [-0.1, -0.05) is 18.3 Å². The van der Waals surface area contributed by atoms with E-state index in [0.29, 0.717) is 16.7 Å². The first-order valence-corrected chi connectivity index (χ1v) is 6.33. The molecule has 1 amide bonds. The summed E-state index contributed by atoms with van der Waals surface area (Å²) in [4.78, 5) is 16.4. The van der Waals surface area contributed by atoms with Gasteiger partial charge in [0, 0.05) is 12.6 Å². The van der Waals surface area contributed by atoms with Crippen LogP contribution in [-0.4, -0.2) is 23.5 Å². The zero-order chi connectivity index (χ0) is 11.5. The minimum Gasteiger partial charge on any atom is -0.382 e. The maximum atomic E-state index is 11.8. The Labute approximate surface area is 98.4 Å². The van der Waals surface area contributed by atoms with Gasteiger partial charge in [0.05, 0.1) is 0 Å². The summed E-state index contributed by atoms with van der Waals surface area (Å²) in [6.45, 7) is 2.92. The number of carbonyl (C=O) groups is 1. The molecular weight excluding hydrogens is 224 g/mol. The highest BCUT2D eigenvalue weighted by atomic mass is 32.1. The lowest BCUT2D eigenvalue weighted by molar-refractivity contribution is 0.0956. The third-order valence-corrected chi connectivity index (χ3v) is 3.33. The molecule has 0 aromatic carbocycles. The number of nitrogens with zero attached hydrogens (tertiary/aromatic N) is 1. The highest BCUT2D eigenvalue weighted by molar-refractivity contribution is 7.18. The summed E-state index contributed by atoms with van der Waals surface area (Å²) in [6.07, 6.45) is 3.17. The minimum absolute atomic E-state index is 0.0953. The van der Waals surface area contributed by atoms with Crippen LogP contribution in [0.4, 0.5) is 10.9 Å². The summed E-state index contributed by atoms with van der Waals surface area (Å²) in [5.74, 6) is 0.226. The Morgan fingerprint density at radius 1 is 1.62 bits per heavy atom. The van der Waals surface area contributed by atoms with Crippen molar-refractivity contribution in [2.24, 2.45) is 0 Å². The first kappa shape index (κ1) is 11.2. The molecule has 0 unspecified atom stereocenters. The number of amides is 1. The minimum atomic E-state index is -0.0953. The quantitative estimate of drug-likeness (QED) is 0.727. The number of anilines is 2. The van der Waals surface area contributed by atoms with Gasteiger partial charge in [0.15, 0.2) is 5.13 Å². The average molecular weight is 240 g/mol. The van der Waals surface area contributed by atoms with Crippen molar-refractivity contribution in [2.45, 2.75) is 32.2 Å². The third kappa shape index (κ3) is 2.63. The van der Waals surface area contributed by atoms with E-state index in [2.05, 4.69) is 22.5 Å². The Morgan fingerprint density at radius 3 is 3.00 bits per heavy atom. The molecular formula is C10H16N4OS. The van der Waals surface area contributed by atoms with E-state index in [1.165, 1.54) is 11.3 Å². The van der Waals surface area contributed by atoms with E-state index in [9.17, 15) is 4.79 Å². The van der Waals surface area contributed by atoms with E-state index in [4.69, 9.17) is 5.73 Å². The molecule has 1 heterocycles. The van der Waals surface area contributed by atoms with Crippen LogP contribution in [-0.2, 0) is 0 Å². The van der Waals surface area contributed by atoms with Gasteiger partial charge in [-0.25, -0.2) is 4.98 Å². The Morgan fingerprint density at radius 2 is 2.38 bits per heavy atom. The summed E-state index contributed by atoms with van der Waals surface area (Å²) in [5.41, 5.74) is 5.71. The van der Waals surface area contributed by atoms with Crippen LogP contribution in [0.3, 0.4) is 0 Å². The van der Waals surface area contributed by atoms with Gasteiger partial charge in [-0.05, 0) is 19.3 Å². The topological polar surface area (TPSA) is 80.0 Å². The Kier molecular flexibility index (Phi) is 3.28. The first-order valence-electron chi connectivity index (χ1n) is 5.51. The van der Waals surface area contributed by atoms with Crippen molar-refractivity contribution in [1.29, 1.82) is 0 Å². The summed E-state index contributed by atoms with van der Waals surface area (Å²) < 4.78 is 0. The zero-order valence-corrected chi connectivity index (χ0v) is 10.1. The van der Waals surface area contributed by atoms with E-state index >= 15 is 0 Å². The maximum absolute atomic E-state index is 11.8. The lowest BCUT2D eigenvalue weighted by Gasteiger charge is -1.99. The van der Waals surface area contributed by atoms with E-state index in [1.54, 1.807) is 0 Å². The van der Waals surface area contributed by atoms with E-state index in [-0.39, 0.29) is 5.91 Å². The molecule has 0 aliphatic heterocycles. The molecule has 88 valence electrons. The highest BCUT2D eigenvalue weighted by Gasteiger charge is 2.26. The maximum Gasteiger partial charge on any atom is 0.265 e. The summed E-state index contributed by atoms with van der Waals surface area (Å²) in [7, 11) is 0. The number of hydrogen-bond acceptors (Lipinski definition) is 5. The second kappa shape index (κ2) is 4.69. The number of nitrogens with two attached hydrogens (primary N) is 1. The molecule has 1 aliphatic carbocycles. The van der Waals surface area contributed by atoms with Crippen molar-refractivity contribution in [3.63, 3.8) is 0 Å². The molecule has 1 aromatic heterocycles. The van der Waals surface area contributed by atoms with Gasteiger partial charge in [-0.3, -0.25) is 4.79 Å². The van der Waals surface area contributed by atoms with Gasteiger partial charge in [0.2, 0.25) is 0 Å². The predicted molar refractivity (Wildman–Crippen MR) is 65.8 cm³/mol. The van der Waals surface area contributed by atoms with Gasteiger partial charge in [0.1, 0.15) is 10.7 Å². The van der Waals surface area contributed by atoms with Crippen LogP contribution in [0.15, 0.2) is 0 Å². The summed E-state index contributed by atoms with van der Waals surface area (Å²) in [6, 6.07) is 0.348. The zero-order valence-electron chi connectivity index (χ0n) is 9.25. The second-order valence-corrected chi connectivity index (χ2v) is 4.91. The molecule has 6 heteroatoms. The second-order valence-electron chi connectivity index (χ2n) is 3.91. The van der Waals surface area contributed by atoms with Crippen molar-refractivity contribution < 1.29 is 4.79 Å². The van der Waals surface area contributed by atoms with E-state index < -0.39 is 0 Å². The molecule has 0 radical (unpaired) electrons. The molecule has 4 N–H and O–H groups in total. The first-order chi connectivity index (χ1) is 7.70. The van der Waals surface area contributed by atoms with Crippen LogP contribution in [0.2, 0.25) is 0 Å². The lowest BCUT2D eigenvalue weighted by atomic mass is 10.4. The molecule has 0 bridgehead atoms. The molecule has 0 saturated heterocycles. The van der Waals surface area contributed by atoms with Crippen LogP contribution in [0.25, 0.3) is 0 Å². The molecule has 16 heavy (non-hydrogen) atoms. The molecule has 0 spiro atoms. The van der Waals surface area contributed by atoms with E-state index in [0.717, 1.165) is 30.9 Å². The predicted octanol–water partition coefficient (Wildman–Crippen LogP) is 1.44. The van der Waals surface area contributed by atoms with Crippen molar-refractivity contribution in [3.8, 4) is 0 Å². The van der Waals surface area contributed by atoms with Gasteiger partial charge in [-0.15, -0.1) is 0 Å². The van der Waals surface area contributed by atoms with Crippen LogP contribution < -0.4 is 16.4 Å². The fraction of sp³-hybridized carbons (Fsp3) is 0.600. The number of rotatable bonds is 5. The fourth-order valence-electron chi connectivity index (χ4n) is 1.28. The van der Waals surface area contributed by atoms with E-state index in [1.807, 2.05) is 0 Å². The smallest absolute Gasteiger partial charge is 0.265 e. The van der Waals surface area contributed by atoms with Gasteiger partial charge in [-0.2, -0.15) is 0 Å². The molecule has 1 aromatic rings. The molecule has 0 atom stereocenters. The van der Waals surface area contributed by atoms with Crippen molar-refractivity contribution in [1.82, 2.24) is 10.3 Å². The number of carbonyl (C=O) groups excluding carboxylic acids is 1. The number of aromatic nitrogens is 1. The lowest BCUT2D eigenvalue weighted by Crippen LogP contribution is -2.25. The average Bonchev–Trinajstić information content (AvgIpc) is 2.97. The van der Waals surface area contributed by atoms with Crippen molar-refractivity contribution >= 4 is 28.2 Å². The number of hydrogen-bond donors (Lipinski definition) is 3. The highest BCUT2D eigenvalue weighted by Crippen LogP contribution is 2.26. The van der Waals surface area contributed by atoms with Gasteiger partial charge >= 0.3 is 0 Å². The number of nitrogen functional groups attached to an aromatic ring is 1. The Bertz CT molecular complexity index is 386. The number of nitrogens with one attached hydrogen (secondary N) is 2. The molecule has 1 aliphatic rings. The standard InChI is InChI=1S/C10H16N4OS/c1-2-5-12-10-14-8(11)7(16-10)9(15)13-6-3-4-6/h6H,2-5,11H2,1H3,(H,12,14)(H,13,15). The summed E-state index contributed by atoms with van der Waals surface area (Å²) >= 11 is 1.32. The van der Waals surface area contributed by atoms with Gasteiger partial charge < -0.3 is 16.4 Å². The normalized spacial score (nSPS) is 14.8. The van der Waals surface area contributed by atoms with Crippen molar-refractivity contribution in [2.75, 3.05) is 17.6 Å². The van der Waals surface area contributed by atoms with Crippen LogP contribution >= 0.6 is 11.3 Å². The van der Waals surface area contributed by atoms with Crippen molar-refractivity contribution in [3.05, 3.63) is 4.88 Å². The number of thiazole rings is 1. The SMILES string of the molecule is CCCNc1nc(N)c(C(=O)NC2CC2)s1. The third-order valence-electron chi connectivity index (χ3n) is 2.30. The van der Waals surface area contributed by atoms with Gasteiger partial charge in [0.25, 0.3) is 5.91 Å². The molecule has 5 nitrogen and oxygen atoms in total. The molecule has 1 fully saturated rings. The van der Waals surface area contributed by atoms with Crippen LogP contribution in [0, 0.1) is 0 Å². The fourth-order valence-corrected chi connectivity index (χ4v) is 2.09. The van der Waals surface area contributed by atoms with Crippen LogP contribution in [0.1, 0.15) is 35.9 Å². The largest absolute Gasteiger partial charge is 0.382 e. The molecule has 2 rings (SSSR count). The summed E-state index contributed by atoms with van der Waals surface area (Å²) in [5, 5.41) is 6.75. The monoisotopic (exact) mass is 240 g/mol. The Hall–Kier alpha value is -1.30.